The van der Waals surface area contributed by atoms with Gasteiger partial charge in [-0.05, 0) is 19.4 Å². The maximum atomic E-state index is 5.99. The molecule has 1 saturated heterocycles. The lowest BCUT2D eigenvalue weighted by Crippen LogP contribution is -2.40. The number of ether oxygens (including phenoxy) is 2. The second-order valence-corrected chi connectivity index (χ2v) is 5.70. The van der Waals surface area contributed by atoms with E-state index in [4.69, 9.17) is 9.47 Å². The van der Waals surface area contributed by atoms with E-state index in [2.05, 4.69) is 47.4 Å². The third-order valence-corrected chi connectivity index (χ3v) is 3.73. The number of rotatable bonds is 3. The molecule has 3 rings (SSSR count). The van der Waals surface area contributed by atoms with Gasteiger partial charge in [-0.15, -0.1) is 0 Å². The second-order valence-electron chi connectivity index (χ2n) is 5.70. The van der Waals surface area contributed by atoms with Crippen molar-refractivity contribution in [2.75, 3.05) is 13.2 Å². The highest BCUT2D eigenvalue weighted by molar-refractivity contribution is 5.17. The average Bonchev–Trinajstić information content (AvgIpc) is 2.97. The van der Waals surface area contributed by atoms with E-state index in [1.165, 1.54) is 5.56 Å². The smallest absolute Gasteiger partial charge is 0.163 e. The van der Waals surface area contributed by atoms with Crippen molar-refractivity contribution in [3.05, 3.63) is 48.0 Å². The Bertz CT molecular complexity index is 455. The monoisotopic (exact) mass is 259 g/mol. The maximum absolute atomic E-state index is 5.99. The van der Waals surface area contributed by atoms with Gasteiger partial charge >= 0.3 is 0 Å². The fourth-order valence-corrected chi connectivity index (χ4v) is 2.81. The lowest BCUT2D eigenvalue weighted by molar-refractivity contribution is -0.143. The van der Waals surface area contributed by atoms with E-state index in [9.17, 15) is 0 Å². The van der Waals surface area contributed by atoms with Gasteiger partial charge in [-0.25, -0.2) is 0 Å². The molecule has 2 heterocycles. The molecule has 0 saturated carbocycles. The normalized spacial score (nSPS) is 30.0. The van der Waals surface area contributed by atoms with Crippen LogP contribution in [0.15, 0.2) is 42.5 Å². The van der Waals surface area contributed by atoms with Crippen LogP contribution in [0.25, 0.3) is 0 Å². The van der Waals surface area contributed by atoms with Crippen LogP contribution >= 0.6 is 0 Å². The zero-order valence-electron chi connectivity index (χ0n) is 11.6. The van der Waals surface area contributed by atoms with E-state index < -0.39 is 5.79 Å². The van der Waals surface area contributed by atoms with Crippen molar-refractivity contribution >= 4 is 0 Å². The predicted molar refractivity (Wildman–Crippen MR) is 74.7 cm³/mol. The molecule has 0 aromatic heterocycles. The Labute approximate surface area is 114 Å². The summed E-state index contributed by atoms with van der Waals surface area (Å²) in [5, 5.41) is 0. The Morgan fingerprint density at radius 2 is 2.05 bits per heavy atom. The molecule has 102 valence electrons. The Kier molecular flexibility index (Phi) is 3.44. The van der Waals surface area contributed by atoms with Crippen molar-refractivity contribution in [1.82, 2.24) is 4.90 Å². The standard InChI is InChI=1S/C16H21NO2/c1-16(2)18-12-15(19-16)14-9-6-10-17(14)11-13-7-4-3-5-8-13/h3-9,14-15H,10-12H2,1-2H3/t14-,15-/m1/s1. The fraction of sp³-hybridized carbons (Fsp3) is 0.500. The van der Waals surface area contributed by atoms with Crippen molar-refractivity contribution in [1.29, 1.82) is 0 Å². The topological polar surface area (TPSA) is 21.7 Å². The van der Waals surface area contributed by atoms with Gasteiger partial charge in [0.25, 0.3) is 0 Å². The van der Waals surface area contributed by atoms with E-state index >= 15 is 0 Å². The number of nitrogens with zero attached hydrogens (tertiary/aromatic N) is 1. The summed E-state index contributed by atoms with van der Waals surface area (Å²) in [5.74, 6) is -0.445. The summed E-state index contributed by atoms with van der Waals surface area (Å²) in [6, 6.07) is 10.9. The molecule has 0 aliphatic carbocycles. The van der Waals surface area contributed by atoms with Gasteiger partial charge < -0.3 is 9.47 Å². The maximum Gasteiger partial charge on any atom is 0.163 e. The van der Waals surface area contributed by atoms with E-state index in [0.717, 1.165) is 13.1 Å². The van der Waals surface area contributed by atoms with E-state index in [1.807, 2.05) is 13.8 Å². The van der Waals surface area contributed by atoms with Gasteiger partial charge in [0, 0.05) is 13.1 Å². The van der Waals surface area contributed by atoms with Gasteiger partial charge in [-0.3, -0.25) is 4.90 Å². The lowest BCUT2D eigenvalue weighted by atomic mass is 10.1. The zero-order chi connectivity index (χ0) is 13.3. The molecule has 1 aromatic rings. The molecule has 0 radical (unpaired) electrons. The Balaban J connectivity index is 1.67. The quantitative estimate of drug-likeness (QED) is 0.779. The molecule has 0 N–H and O–H groups in total. The first-order valence-electron chi connectivity index (χ1n) is 6.90. The molecule has 2 aliphatic rings. The van der Waals surface area contributed by atoms with Crippen molar-refractivity contribution in [3.63, 3.8) is 0 Å². The van der Waals surface area contributed by atoms with Crippen LogP contribution in [0.5, 0.6) is 0 Å². The second kappa shape index (κ2) is 5.08. The molecule has 3 nitrogen and oxygen atoms in total. The number of hydrogen-bond donors (Lipinski definition) is 0. The molecule has 1 fully saturated rings. The first-order chi connectivity index (χ1) is 9.14. The van der Waals surface area contributed by atoms with Crippen molar-refractivity contribution < 1.29 is 9.47 Å². The minimum absolute atomic E-state index is 0.137. The van der Waals surface area contributed by atoms with Gasteiger partial charge in [-0.1, -0.05) is 42.5 Å². The van der Waals surface area contributed by atoms with Crippen LogP contribution in [-0.4, -0.2) is 36.0 Å². The summed E-state index contributed by atoms with van der Waals surface area (Å²) in [6.45, 7) is 6.58. The van der Waals surface area contributed by atoms with Gasteiger partial charge in [0.2, 0.25) is 0 Å². The molecule has 0 spiro atoms. The summed E-state index contributed by atoms with van der Waals surface area (Å²) >= 11 is 0. The molecule has 0 unspecified atom stereocenters. The van der Waals surface area contributed by atoms with Crippen molar-refractivity contribution in [3.8, 4) is 0 Å². The van der Waals surface area contributed by atoms with Crippen LogP contribution in [-0.2, 0) is 16.0 Å². The first kappa shape index (κ1) is 12.9. The molecule has 0 bridgehead atoms. The first-order valence-corrected chi connectivity index (χ1v) is 6.90. The number of benzene rings is 1. The predicted octanol–water partition coefficient (Wildman–Crippen LogP) is 2.58. The summed E-state index contributed by atoms with van der Waals surface area (Å²) < 4.78 is 11.7. The molecule has 2 atom stereocenters. The van der Waals surface area contributed by atoms with Gasteiger partial charge in [0.05, 0.1) is 12.6 Å². The highest BCUT2D eigenvalue weighted by atomic mass is 16.7. The summed E-state index contributed by atoms with van der Waals surface area (Å²) in [7, 11) is 0. The van der Waals surface area contributed by atoms with Crippen LogP contribution in [0, 0.1) is 0 Å². The third kappa shape index (κ3) is 2.89. The molecular formula is C16H21NO2. The lowest BCUT2D eigenvalue weighted by Gasteiger charge is -2.28. The molecule has 19 heavy (non-hydrogen) atoms. The van der Waals surface area contributed by atoms with Crippen LogP contribution in [0.2, 0.25) is 0 Å². The minimum atomic E-state index is -0.445. The van der Waals surface area contributed by atoms with Crippen LogP contribution < -0.4 is 0 Å². The largest absolute Gasteiger partial charge is 0.348 e. The van der Waals surface area contributed by atoms with Gasteiger partial charge in [0.15, 0.2) is 5.79 Å². The number of hydrogen-bond acceptors (Lipinski definition) is 3. The Morgan fingerprint density at radius 3 is 2.74 bits per heavy atom. The van der Waals surface area contributed by atoms with Crippen LogP contribution in [0.1, 0.15) is 19.4 Å². The fourth-order valence-electron chi connectivity index (χ4n) is 2.81. The van der Waals surface area contributed by atoms with Gasteiger partial charge in [-0.2, -0.15) is 0 Å². The van der Waals surface area contributed by atoms with Crippen LogP contribution in [0.3, 0.4) is 0 Å². The third-order valence-electron chi connectivity index (χ3n) is 3.73. The SMILES string of the molecule is CC1(C)OC[C@H]([C@H]2C=CCN2Cc2ccccc2)O1. The van der Waals surface area contributed by atoms with Gasteiger partial charge in [0.1, 0.15) is 6.10 Å². The molecule has 3 heteroatoms. The molecular weight excluding hydrogens is 238 g/mol. The zero-order valence-corrected chi connectivity index (χ0v) is 11.6. The summed E-state index contributed by atoms with van der Waals surface area (Å²) in [4.78, 5) is 2.44. The summed E-state index contributed by atoms with van der Waals surface area (Å²) in [5.41, 5.74) is 1.34. The van der Waals surface area contributed by atoms with E-state index in [1.54, 1.807) is 0 Å². The minimum Gasteiger partial charge on any atom is -0.348 e. The molecule has 2 aliphatic heterocycles. The summed E-state index contributed by atoms with van der Waals surface area (Å²) in [6.07, 6.45) is 4.61. The van der Waals surface area contributed by atoms with Crippen LogP contribution in [0.4, 0.5) is 0 Å². The highest BCUT2D eigenvalue weighted by Crippen LogP contribution is 2.29. The van der Waals surface area contributed by atoms with Crippen molar-refractivity contribution in [2.24, 2.45) is 0 Å². The highest BCUT2D eigenvalue weighted by Gasteiger charge is 2.39. The Morgan fingerprint density at radius 1 is 1.26 bits per heavy atom. The molecule has 0 amide bonds. The average molecular weight is 259 g/mol. The Hall–Kier alpha value is -1.16. The van der Waals surface area contributed by atoms with E-state index in [-0.39, 0.29) is 6.10 Å². The van der Waals surface area contributed by atoms with Crippen molar-refractivity contribution in [2.45, 2.75) is 38.3 Å². The van der Waals surface area contributed by atoms with E-state index in [0.29, 0.717) is 12.6 Å². The molecule has 1 aromatic carbocycles.